The maximum Gasteiger partial charge on any atom is 0.274 e. The van der Waals surface area contributed by atoms with Crippen LogP contribution in [0.4, 0.5) is 4.39 Å². The summed E-state index contributed by atoms with van der Waals surface area (Å²) in [5.74, 6) is 0.382. The van der Waals surface area contributed by atoms with Crippen LogP contribution in [-0.2, 0) is 6.54 Å². The molecular formula is C25H24FN5O2S. The number of amides is 1. The summed E-state index contributed by atoms with van der Waals surface area (Å²) in [5, 5.41) is 7.43. The van der Waals surface area contributed by atoms with Gasteiger partial charge >= 0.3 is 0 Å². The fourth-order valence-electron chi connectivity index (χ4n) is 3.95. The summed E-state index contributed by atoms with van der Waals surface area (Å²) in [7, 11) is 1.66. The van der Waals surface area contributed by atoms with E-state index in [2.05, 4.69) is 15.4 Å². The topological polar surface area (TPSA) is 63.5 Å². The molecular weight excluding hydrogens is 453 g/mol. The van der Waals surface area contributed by atoms with Crippen LogP contribution in [-0.4, -0.2) is 63.8 Å². The van der Waals surface area contributed by atoms with Crippen molar-refractivity contribution in [1.29, 1.82) is 0 Å². The molecule has 9 heteroatoms. The fourth-order valence-corrected chi connectivity index (χ4v) is 4.76. The van der Waals surface area contributed by atoms with E-state index in [1.165, 1.54) is 16.8 Å². The number of hydrogen-bond acceptors (Lipinski definition) is 6. The van der Waals surface area contributed by atoms with Crippen molar-refractivity contribution < 1.29 is 13.9 Å². The predicted molar refractivity (Wildman–Crippen MR) is 129 cm³/mol. The number of thiazole rings is 1. The van der Waals surface area contributed by atoms with Gasteiger partial charge < -0.3 is 9.64 Å². The van der Waals surface area contributed by atoms with Gasteiger partial charge in [-0.2, -0.15) is 5.10 Å². The van der Waals surface area contributed by atoms with E-state index in [0.29, 0.717) is 24.5 Å². The predicted octanol–water partition coefficient (Wildman–Crippen LogP) is 4.10. The first kappa shape index (κ1) is 22.2. The van der Waals surface area contributed by atoms with Gasteiger partial charge in [-0.15, -0.1) is 11.3 Å². The number of rotatable bonds is 6. The van der Waals surface area contributed by atoms with Crippen LogP contribution in [0.5, 0.6) is 5.75 Å². The molecule has 0 unspecified atom stereocenters. The average molecular weight is 478 g/mol. The molecule has 4 aromatic rings. The Balaban J connectivity index is 1.16. The number of methoxy groups -OCH3 is 1. The Morgan fingerprint density at radius 2 is 1.88 bits per heavy atom. The van der Waals surface area contributed by atoms with E-state index in [-0.39, 0.29) is 11.7 Å². The minimum absolute atomic E-state index is 0.106. The van der Waals surface area contributed by atoms with E-state index >= 15 is 0 Å². The van der Waals surface area contributed by atoms with Crippen LogP contribution in [0.1, 0.15) is 16.2 Å². The summed E-state index contributed by atoms with van der Waals surface area (Å²) in [6.07, 6.45) is 1.68. The maximum atomic E-state index is 13.5. The van der Waals surface area contributed by atoms with Crippen molar-refractivity contribution in [3.63, 3.8) is 0 Å². The zero-order valence-electron chi connectivity index (χ0n) is 18.7. The van der Waals surface area contributed by atoms with Crippen LogP contribution in [0.3, 0.4) is 0 Å². The number of halogens is 1. The Kier molecular flexibility index (Phi) is 6.37. The molecule has 2 aromatic carbocycles. The molecule has 1 saturated heterocycles. The summed E-state index contributed by atoms with van der Waals surface area (Å²) >= 11 is 1.63. The number of ether oxygens (including phenoxy) is 1. The van der Waals surface area contributed by atoms with Crippen LogP contribution in [0, 0.1) is 5.82 Å². The molecule has 1 aliphatic heterocycles. The Labute approximate surface area is 201 Å². The molecule has 5 rings (SSSR count). The van der Waals surface area contributed by atoms with Crippen molar-refractivity contribution in [3.05, 3.63) is 83.4 Å². The van der Waals surface area contributed by atoms with Crippen LogP contribution < -0.4 is 4.74 Å². The highest BCUT2D eigenvalue weighted by atomic mass is 32.1. The van der Waals surface area contributed by atoms with Gasteiger partial charge in [0.2, 0.25) is 0 Å². The molecule has 0 N–H and O–H groups in total. The quantitative estimate of drug-likeness (QED) is 0.418. The van der Waals surface area contributed by atoms with Crippen LogP contribution in [0.25, 0.3) is 16.3 Å². The molecule has 0 atom stereocenters. The van der Waals surface area contributed by atoms with Gasteiger partial charge in [0.1, 0.15) is 16.6 Å². The summed E-state index contributed by atoms with van der Waals surface area (Å²) in [4.78, 5) is 21.8. The third kappa shape index (κ3) is 4.85. The molecule has 0 saturated carbocycles. The van der Waals surface area contributed by atoms with Crippen LogP contribution in [0.15, 0.2) is 66.2 Å². The Morgan fingerprint density at radius 1 is 1.09 bits per heavy atom. The second kappa shape index (κ2) is 9.74. The van der Waals surface area contributed by atoms with Crippen LogP contribution >= 0.6 is 11.3 Å². The first-order chi connectivity index (χ1) is 16.6. The van der Waals surface area contributed by atoms with E-state index in [4.69, 9.17) is 9.72 Å². The van der Waals surface area contributed by atoms with Gasteiger partial charge in [-0.3, -0.25) is 9.69 Å². The van der Waals surface area contributed by atoms with Gasteiger partial charge in [0.25, 0.3) is 5.91 Å². The molecule has 34 heavy (non-hydrogen) atoms. The lowest BCUT2D eigenvalue weighted by Gasteiger charge is -2.34. The molecule has 0 aliphatic carbocycles. The first-order valence-electron chi connectivity index (χ1n) is 11.0. The van der Waals surface area contributed by atoms with Crippen LogP contribution in [0.2, 0.25) is 0 Å². The number of carbonyl (C=O) groups excluding carboxylic acids is 1. The third-order valence-corrected chi connectivity index (χ3v) is 6.75. The number of hydrogen-bond donors (Lipinski definition) is 0. The number of nitrogens with zero attached hydrogens (tertiary/aromatic N) is 5. The molecule has 3 heterocycles. The van der Waals surface area contributed by atoms with E-state index < -0.39 is 0 Å². The summed E-state index contributed by atoms with van der Waals surface area (Å²) < 4.78 is 20.2. The second-order valence-corrected chi connectivity index (χ2v) is 8.92. The number of carbonyl (C=O) groups is 1. The number of benzene rings is 2. The Hall–Kier alpha value is -3.56. The van der Waals surface area contributed by atoms with Gasteiger partial charge in [-0.1, -0.05) is 6.07 Å². The molecule has 0 radical (unpaired) electrons. The summed E-state index contributed by atoms with van der Waals surface area (Å²) in [6.45, 7) is 3.54. The molecule has 1 aliphatic rings. The molecule has 0 spiro atoms. The smallest absolute Gasteiger partial charge is 0.274 e. The molecule has 2 aromatic heterocycles. The van der Waals surface area contributed by atoms with E-state index in [1.807, 2.05) is 29.2 Å². The third-order valence-electron chi connectivity index (χ3n) is 5.81. The normalized spacial score (nSPS) is 14.4. The number of piperazine rings is 1. The van der Waals surface area contributed by atoms with Crippen molar-refractivity contribution in [1.82, 2.24) is 24.6 Å². The Morgan fingerprint density at radius 3 is 2.62 bits per heavy atom. The maximum absolute atomic E-state index is 13.5. The minimum atomic E-state index is -0.340. The van der Waals surface area contributed by atoms with Gasteiger partial charge in [-0.05, 0) is 48.5 Å². The van der Waals surface area contributed by atoms with Gasteiger partial charge in [-0.25, -0.2) is 14.1 Å². The molecule has 7 nitrogen and oxygen atoms in total. The second-order valence-electron chi connectivity index (χ2n) is 8.07. The lowest BCUT2D eigenvalue weighted by atomic mass is 10.2. The lowest BCUT2D eigenvalue weighted by Crippen LogP contribution is -2.48. The molecule has 174 valence electrons. The monoisotopic (exact) mass is 477 g/mol. The lowest BCUT2D eigenvalue weighted by molar-refractivity contribution is 0.0621. The van der Waals surface area contributed by atoms with Crippen molar-refractivity contribution in [2.45, 2.75) is 6.54 Å². The SMILES string of the molecule is COc1ccc(-c2nc(CN3CCN(C(=O)c4ccn(-c5cccc(F)c5)n4)CC3)cs2)cc1. The minimum Gasteiger partial charge on any atom is -0.497 e. The van der Waals surface area contributed by atoms with Gasteiger partial charge in [0, 0.05) is 49.9 Å². The first-order valence-corrected chi connectivity index (χ1v) is 11.9. The number of aromatic nitrogens is 3. The van der Waals surface area contributed by atoms with E-state index in [0.717, 1.165) is 41.6 Å². The highest BCUT2D eigenvalue weighted by Crippen LogP contribution is 2.26. The zero-order valence-corrected chi connectivity index (χ0v) is 19.5. The van der Waals surface area contributed by atoms with Crippen molar-refractivity contribution in [2.24, 2.45) is 0 Å². The summed E-state index contributed by atoms with van der Waals surface area (Å²) in [5.41, 5.74) is 3.05. The highest BCUT2D eigenvalue weighted by molar-refractivity contribution is 7.13. The zero-order chi connectivity index (χ0) is 23.5. The molecule has 0 bridgehead atoms. The van der Waals surface area contributed by atoms with Crippen molar-refractivity contribution >= 4 is 17.2 Å². The molecule has 1 amide bonds. The highest BCUT2D eigenvalue weighted by Gasteiger charge is 2.24. The summed E-state index contributed by atoms with van der Waals surface area (Å²) in [6, 6.07) is 15.7. The van der Waals surface area contributed by atoms with Gasteiger partial charge in [0.05, 0.1) is 18.5 Å². The van der Waals surface area contributed by atoms with Crippen molar-refractivity contribution in [3.8, 4) is 22.0 Å². The molecule has 1 fully saturated rings. The fraction of sp³-hybridized carbons (Fsp3) is 0.240. The largest absolute Gasteiger partial charge is 0.497 e. The standard InChI is InChI=1S/C25H24FN5O2S/c1-33-22-7-5-18(6-8-22)24-27-20(17-34-24)16-29-11-13-30(14-12-29)25(32)23-9-10-31(28-23)21-4-2-3-19(26)15-21/h2-10,15,17H,11-14,16H2,1H3. The average Bonchev–Trinajstić information content (AvgIpc) is 3.55. The van der Waals surface area contributed by atoms with E-state index in [1.54, 1.807) is 42.8 Å². The van der Waals surface area contributed by atoms with E-state index in [9.17, 15) is 9.18 Å². The van der Waals surface area contributed by atoms with Crippen molar-refractivity contribution in [2.75, 3.05) is 33.3 Å². The Bertz CT molecular complexity index is 1280. The van der Waals surface area contributed by atoms with Gasteiger partial charge in [0.15, 0.2) is 5.69 Å².